The van der Waals surface area contributed by atoms with Gasteiger partial charge in [0.1, 0.15) is 0 Å². The molecular formula is C19H23F2N7O2. The number of rotatable bonds is 6. The first-order valence-corrected chi connectivity index (χ1v) is 9.78. The van der Waals surface area contributed by atoms with E-state index in [1.165, 1.54) is 6.20 Å². The maximum atomic E-state index is 12.5. The zero-order chi connectivity index (χ0) is 21.5. The second-order valence-corrected chi connectivity index (χ2v) is 6.54. The van der Waals surface area contributed by atoms with Gasteiger partial charge in [-0.1, -0.05) is 19.1 Å². The highest BCUT2D eigenvalue weighted by Crippen LogP contribution is 2.26. The Morgan fingerprint density at radius 1 is 1.20 bits per heavy atom. The molecule has 1 amide bonds. The standard InChI is InChI=1S/C17H17F2N7O2.C2H6/c18-15(19)17-23-22-16(28-17)12-1-2-13(20-7-12)8-26-9-14(21-24-26)11-3-5-25(10-27)6-4-11;1-2/h1-2,7,9-11,15H,3-6,8H2;1-2H3. The molecule has 1 aliphatic heterocycles. The van der Waals surface area contributed by atoms with Gasteiger partial charge < -0.3 is 9.32 Å². The van der Waals surface area contributed by atoms with Crippen LogP contribution in [0.5, 0.6) is 0 Å². The predicted octanol–water partition coefficient (Wildman–Crippen LogP) is 3.07. The smallest absolute Gasteiger partial charge is 0.314 e. The molecule has 0 aromatic carbocycles. The van der Waals surface area contributed by atoms with Crippen molar-refractivity contribution in [1.82, 2.24) is 35.1 Å². The Hall–Kier alpha value is -3.24. The monoisotopic (exact) mass is 419 g/mol. The van der Waals surface area contributed by atoms with Gasteiger partial charge in [-0.25, -0.2) is 4.68 Å². The van der Waals surface area contributed by atoms with E-state index in [-0.39, 0.29) is 5.89 Å². The molecule has 0 unspecified atom stereocenters. The van der Waals surface area contributed by atoms with Crippen LogP contribution in [0.1, 0.15) is 56.3 Å². The van der Waals surface area contributed by atoms with Crippen molar-refractivity contribution >= 4 is 6.41 Å². The van der Waals surface area contributed by atoms with Crippen molar-refractivity contribution in [2.24, 2.45) is 0 Å². The molecule has 11 heteroatoms. The van der Waals surface area contributed by atoms with Gasteiger partial charge in [-0.3, -0.25) is 9.78 Å². The van der Waals surface area contributed by atoms with Gasteiger partial charge >= 0.3 is 6.43 Å². The third-order valence-electron chi connectivity index (χ3n) is 4.68. The summed E-state index contributed by atoms with van der Waals surface area (Å²) in [7, 11) is 0. The highest BCUT2D eigenvalue weighted by atomic mass is 19.3. The number of aromatic nitrogens is 6. The average molecular weight is 419 g/mol. The number of hydrogen-bond acceptors (Lipinski definition) is 7. The van der Waals surface area contributed by atoms with E-state index in [1.807, 2.05) is 20.0 Å². The summed E-state index contributed by atoms with van der Waals surface area (Å²) in [6.07, 6.45) is 3.20. The summed E-state index contributed by atoms with van der Waals surface area (Å²) in [4.78, 5) is 16.9. The molecule has 3 aromatic rings. The number of pyridine rings is 1. The second-order valence-electron chi connectivity index (χ2n) is 6.54. The first kappa shape index (κ1) is 21.5. The Kier molecular flexibility index (Phi) is 7.15. The minimum atomic E-state index is -2.80. The van der Waals surface area contributed by atoms with E-state index in [0.29, 0.717) is 18.0 Å². The topological polar surface area (TPSA) is 103 Å². The van der Waals surface area contributed by atoms with Gasteiger partial charge in [0.2, 0.25) is 12.3 Å². The van der Waals surface area contributed by atoms with Crippen LogP contribution in [0.2, 0.25) is 0 Å². The molecule has 1 aliphatic rings. The number of carbonyl (C=O) groups is 1. The van der Waals surface area contributed by atoms with Crippen LogP contribution in [0.15, 0.2) is 28.9 Å². The van der Waals surface area contributed by atoms with Crippen LogP contribution in [0.25, 0.3) is 11.5 Å². The molecule has 4 heterocycles. The molecule has 1 fully saturated rings. The lowest BCUT2D eigenvalue weighted by atomic mass is 9.94. The normalized spacial score (nSPS) is 14.5. The fraction of sp³-hybridized carbons (Fsp3) is 0.474. The third kappa shape index (κ3) is 5.02. The van der Waals surface area contributed by atoms with Crippen molar-refractivity contribution in [3.8, 4) is 11.5 Å². The highest BCUT2D eigenvalue weighted by Gasteiger charge is 2.22. The molecule has 0 atom stereocenters. The lowest BCUT2D eigenvalue weighted by Gasteiger charge is -2.27. The molecule has 160 valence electrons. The number of halogens is 2. The molecular weight excluding hydrogens is 396 g/mol. The SMILES string of the molecule is CC.O=CN1CCC(c2cn(Cc3ccc(-c4nnc(C(F)F)o4)cn3)nn2)CC1. The lowest BCUT2D eigenvalue weighted by Crippen LogP contribution is -2.31. The van der Waals surface area contributed by atoms with Crippen molar-refractivity contribution in [2.45, 2.75) is 45.6 Å². The average Bonchev–Trinajstić information content (AvgIpc) is 3.46. The Morgan fingerprint density at radius 3 is 2.57 bits per heavy atom. The molecule has 3 aromatic heterocycles. The van der Waals surface area contributed by atoms with Crippen molar-refractivity contribution < 1.29 is 18.0 Å². The zero-order valence-corrected chi connectivity index (χ0v) is 16.8. The Balaban J connectivity index is 0.00000124. The molecule has 1 saturated heterocycles. The fourth-order valence-electron chi connectivity index (χ4n) is 3.13. The number of nitrogens with zero attached hydrogens (tertiary/aromatic N) is 7. The highest BCUT2D eigenvalue weighted by molar-refractivity contribution is 5.50. The molecule has 9 nitrogen and oxygen atoms in total. The number of piperidine rings is 1. The van der Waals surface area contributed by atoms with E-state index in [1.54, 1.807) is 21.7 Å². The second kappa shape index (κ2) is 9.99. The maximum absolute atomic E-state index is 12.5. The quantitative estimate of drug-likeness (QED) is 0.566. The minimum Gasteiger partial charge on any atom is -0.415 e. The fourth-order valence-corrected chi connectivity index (χ4v) is 3.13. The summed E-state index contributed by atoms with van der Waals surface area (Å²) in [6.45, 7) is 5.88. The minimum absolute atomic E-state index is 0.000872. The van der Waals surface area contributed by atoms with Crippen LogP contribution in [0.3, 0.4) is 0 Å². The molecule has 30 heavy (non-hydrogen) atoms. The summed E-state index contributed by atoms with van der Waals surface area (Å²) >= 11 is 0. The molecule has 0 spiro atoms. The number of amides is 1. The first-order valence-electron chi connectivity index (χ1n) is 9.78. The Bertz CT molecular complexity index is 935. The number of carbonyl (C=O) groups excluding carboxylic acids is 1. The first-order chi connectivity index (χ1) is 14.6. The van der Waals surface area contributed by atoms with Gasteiger partial charge in [-0.2, -0.15) is 8.78 Å². The van der Waals surface area contributed by atoms with Gasteiger partial charge in [0.15, 0.2) is 0 Å². The van der Waals surface area contributed by atoms with Crippen LogP contribution in [0.4, 0.5) is 8.78 Å². The Morgan fingerprint density at radius 2 is 1.97 bits per heavy atom. The number of likely N-dealkylation sites (tertiary alicyclic amines) is 1. The molecule has 0 aliphatic carbocycles. The number of alkyl halides is 2. The van der Waals surface area contributed by atoms with Crippen LogP contribution in [-0.4, -0.2) is 54.6 Å². The van der Waals surface area contributed by atoms with Crippen molar-refractivity contribution in [2.75, 3.05) is 13.1 Å². The summed E-state index contributed by atoms with van der Waals surface area (Å²) in [5.74, 6) is -0.422. The largest absolute Gasteiger partial charge is 0.415 e. The number of hydrogen-bond donors (Lipinski definition) is 0. The van der Waals surface area contributed by atoms with E-state index in [2.05, 4.69) is 25.5 Å². The maximum Gasteiger partial charge on any atom is 0.314 e. The van der Waals surface area contributed by atoms with E-state index in [4.69, 9.17) is 4.42 Å². The van der Waals surface area contributed by atoms with Crippen LogP contribution in [0, 0.1) is 0 Å². The van der Waals surface area contributed by atoms with Crippen LogP contribution >= 0.6 is 0 Å². The Labute approximate surface area is 172 Å². The van der Waals surface area contributed by atoms with Crippen LogP contribution < -0.4 is 0 Å². The van der Waals surface area contributed by atoms with Gasteiger partial charge in [0.05, 0.1) is 23.5 Å². The van der Waals surface area contributed by atoms with Crippen LogP contribution in [-0.2, 0) is 11.3 Å². The summed E-state index contributed by atoms with van der Waals surface area (Å²) in [5, 5.41) is 15.3. The predicted molar refractivity (Wildman–Crippen MR) is 103 cm³/mol. The molecule has 0 N–H and O–H groups in total. The van der Waals surface area contributed by atoms with Gasteiger partial charge in [0.25, 0.3) is 5.89 Å². The van der Waals surface area contributed by atoms with E-state index in [0.717, 1.165) is 43.7 Å². The molecule has 0 saturated carbocycles. The lowest BCUT2D eigenvalue weighted by molar-refractivity contribution is -0.119. The van der Waals surface area contributed by atoms with E-state index >= 15 is 0 Å². The van der Waals surface area contributed by atoms with Gasteiger partial charge in [0, 0.05) is 31.4 Å². The van der Waals surface area contributed by atoms with E-state index in [9.17, 15) is 13.6 Å². The molecule has 0 bridgehead atoms. The summed E-state index contributed by atoms with van der Waals surface area (Å²) < 4.78 is 31.7. The van der Waals surface area contributed by atoms with Crippen molar-refractivity contribution in [3.63, 3.8) is 0 Å². The van der Waals surface area contributed by atoms with E-state index < -0.39 is 12.3 Å². The van der Waals surface area contributed by atoms with Gasteiger partial charge in [-0.15, -0.1) is 15.3 Å². The van der Waals surface area contributed by atoms with Crippen molar-refractivity contribution in [1.29, 1.82) is 0 Å². The zero-order valence-electron chi connectivity index (χ0n) is 16.8. The summed E-state index contributed by atoms with van der Waals surface area (Å²) in [6, 6.07) is 3.42. The summed E-state index contributed by atoms with van der Waals surface area (Å²) in [5.41, 5.74) is 2.10. The third-order valence-corrected chi connectivity index (χ3v) is 4.68. The van der Waals surface area contributed by atoms with Crippen molar-refractivity contribution in [3.05, 3.63) is 41.8 Å². The molecule has 0 radical (unpaired) electrons. The van der Waals surface area contributed by atoms with Gasteiger partial charge in [-0.05, 0) is 25.0 Å². The molecule has 4 rings (SSSR count).